The number of hydrogen-bond acceptors (Lipinski definition) is 6. The molecule has 0 fully saturated rings. The van der Waals surface area contributed by atoms with E-state index in [0.717, 1.165) is 11.3 Å². The topological polar surface area (TPSA) is 82.6 Å². The summed E-state index contributed by atoms with van der Waals surface area (Å²) in [6, 6.07) is 9.19. The van der Waals surface area contributed by atoms with Gasteiger partial charge in [0, 0.05) is 18.8 Å². The van der Waals surface area contributed by atoms with Crippen LogP contribution in [0.25, 0.3) is 0 Å². The number of ether oxygens (including phenoxy) is 2. The number of amides is 1. The van der Waals surface area contributed by atoms with Crippen LogP contribution in [0.2, 0.25) is 0 Å². The molecular formula is C20H22N4O4. The van der Waals surface area contributed by atoms with E-state index in [9.17, 15) is 4.79 Å². The summed E-state index contributed by atoms with van der Waals surface area (Å²) >= 11 is 0. The van der Waals surface area contributed by atoms with E-state index in [0.29, 0.717) is 37.8 Å². The molecule has 0 saturated heterocycles. The van der Waals surface area contributed by atoms with Crippen molar-refractivity contribution in [2.45, 2.75) is 26.5 Å². The highest BCUT2D eigenvalue weighted by atomic mass is 16.6. The van der Waals surface area contributed by atoms with Crippen LogP contribution in [-0.4, -0.2) is 51.5 Å². The van der Waals surface area contributed by atoms with Crippen LogP contribution in [0, 0.1) is 6.92 Å². The summed E-state index contributed by atoms with van der Waals surface area (Å²) in [7, 11) is 0. The second-order valence-electron chi connectivity index (χ2n) is 6.74. The number of aromatic nitrogens is 3. The van der Waals surface area contributed by atoms with Crippen LogP contribution < -0.4 is 9.47 Å². The van der Waals surface area contributed by atoms with E-state index < -0.39 is 0 Å². The third kappa shape index (κ3) is 3.85. The second-order valence-corrected chi connectivity index (χ2v) is 6.74. The number of benzene rings is 1. The monoisotopic (exact) mass is 382 g/mol. The van der Waals surface area contributed by atoms with Gasteiger partial charge in [-0.2, -0.15) is 5.10 Å². The highest BCUT2D eigenvalue weighted by Gasteiger charge is 2.26. The van der Waals surface area contributed by atoms with Crippen molar-refractivity contribution in [1.82, 2.24) is 19.8 Å². The Kier molecular flexibility index (Phi) is 5.01. The Balaban J connectivity index is 1.40. The zero-order valence-electron chi connectivity index (χ0n) is 15.9. The minimum atomic E-state index is -0.239. The smallest absolute Gasteiger partial charge is 0.276 e. The van der Waals surface area contributed by atoms with Gasteiger partial charge in [-0.05, 0) is 31.5 Å². The van der Waals surface area contributed by atoms with Gasteiger partial charge in [0.15, 0.2) is 29.1 Å². The first-order chi connectivity index (χ1) is 13.6. The summed E-state index contributed by atoms with van der Waals surface area (Å²) in [5, 5.41) is 8.15. The Bertz CT molecular complexity index is 965. The number of fused-ring (bicyclic) bond motifs is 1. The minimum Gasteiger partial charge on any atom is -0.486 e. The molecule has 1 aromatic carbocycles. The van der Waals surface area contributed by atoms with E-state index >= 15 is 0 Å². The number of aryl methyl sites for hydroxylation is 1. The second kappa shape index (κ2) is 7.75. The van der Waals surface area contributed by atoms with Gasteiger partial charge in [-0.15, -0.1) is 0 Å². The predicted octanol–water partition coefficient (Wildman–Crippen LogP) is 2.53. The number of hydrogen-bond donors (Lipinski definition) is 0. The number of likely N-dealkylation sites (N-methyl/N-ethyl adjacent to an activating group) is 1. The first kappa shape index (κ1) is 18.1. The summed E-state index contributed by atoms with van der Waals surface area (Å²) in [6.07, 6.45) is 3.43. The van der Waals surface area contributed by atoms with Gasteiger partial charge in [-0.3, -0.25) is 9.48 Å². The lowest BCUT2D eigenvalue weighted by atomic mass is 10.2. The molecule has 3 heterocycles. The highest BCUT2D eigenvalue weighted by Crippen LogP contribution is 2.31. The van der Waals surface area contributed by atoms with E-state index in [1.54, 1.807) is 21.8 Å². The van der Waals surface area contributed by atoms with Crippen LogP contribution >= 0.6 is 0 Å². The average Bonchev–Trinajstić information content (AvgIpc) is 3.34. The predicted molar refractivity (Wildman–Crippen MR) is 100 cm³/mol. The maximum absolute atomic E-state index is 12.8. The quantitative estimate of drug-likeness (QED) is 0.652. The van der Waals surface area contributed by atoms with Crippen molar-refractivity contribution in [3.8, 4) is 11.5 Å². The molecule has 1 unspecified atom stereocenters. The maximum Gasteiger partial charge on any atom is 0.276 e. The highest BCUT2D eigenvalue weighted by molar-refractivity contribution is 5.92. The number of carbonyl (C=O) groups excluding carboxylic acids is 1. The molecule has 0 spiro atoms. The van der Waals surface area contributed by atoms with Crippen LogP contribution in [0.15, 0.2) is 47.2 Å². The molecule has 2 aromatic heterocycles. The van der Waals surface area contributed by atoms with Crippen molar-refractivity contribution >= 4 is 5.91 Å². The standard InChI is InChI=1S/C20H22N4O4/c1-3-23(11-16-13-26-18-6-4-5-7-19(18)27-16)20(25)17-8-15(28-22-17)12-24-10-14(2)9-21-24/h4-10,16H,3,11-13H2,1-2H3. The molecule has 1 aliphatic rings. The fourth-order valence-electron chi connectivity index (χ4n) is 3.12. The molecular weight excluding hydrogens is 360 g/mol. The molecule has 1 amide bonds. The van der Waals surface area contributed by atoms with Crippen LogP contribution in [0.3, 0.4) is 0 Å². The van der Waals surface area contributed by atoms with Crippen LogP contribution in [0.4, 0.5) is 0 Å². The van der Waals surface area contributed by atoms with Gasteiger partial charge in [0.25, 0.3) is 5.91 Å². The summed E-state index contributed by atoms with van der Waals surface area (Å²) in [6.45, 7) is 5.64. The first-order valence-electron chi connectivity index (χ1n) is 9.24. The van der Waals surface area contributed by atoms with Crippen LogP contribution in [0.1, 0.15) is 28.7 Å². The Morgan fingerprint density at radius 3 is 2.89 bits per heavy atom. The molecule has 8 heteroatoms. The fraction of sp³-hybridized carbons (Fsp3) is 0.350. The van der Waals surface area contributed by atoms with Gasteiger partial charge in [-0.1, -0.05) is 17.3 Å². The lowest BCUT2D eigenvalue weighted by Gasteiger charge is -2.30. The summed E-state index contributed by atoms with van der Waals surface area (Å²) in [5.41, 5.74) is 1.34. The normalized spacial score (nSPS) is 15.4. The average molecular weight is 382 g/mol. The number of carbonyl (C=O) groups is 1. The Morgan fingerprint density at radius 2 is 2.14 bits per heavy atom. The van der Waals surface area contributed by atoms with Crippen molar-refractivity contribution in [3.05, 3.63) is 59.7 Å². The van der Waals surface area contributed by atoms with E-state index in [1.165, 1.54) is 0 Å². The van der Waals surface area contributed by atoms with E-state index in [2.05, 4.69) is 10.3 Å². The molecule has 8 nitrogen and oxygen atoms in total. The molecule has 0 saturated carbocycles. The minimum absolute atomic E-state index is 0.198. The number of nitrogens with zero attached hydrogens (tertiary/aromatic N) is 4. The zero-order valence-corrected chi connectivity index (χ0v) is 15.9. The van der Waals surface area contributed by atoms with Crippen LogP contribution in [-0.2, 0) is 6.54 Å². The SMILES string of the molecule is CCN(CC1COc2ccccc2O1)C(=O)c1cc(Cn2cc(C)cn2)on1. The van der Waals surface area contributed by atoms with Gasteiger partial charge in [0.1, 0.15) is 13.2 Å². The van der Waals surface area contributed by atoms with Crippen molar-refractivity contribution in [3.63, 3.8) is 0 Å². The molecule has 0 bridgehead atoms. The summed E-state index contributed by atoms with van der Waals surface area (Å²) in [5.74, 6) is 1.80. The third-order valence-corrected chi connectivity index (χ3v) is 4.52. The fourth-order valence-corrected chi connectivity index (χ4v) is 3.12. The molecule has 4 rings (SSSR count). The van der Waals surface area contributed by atoms with Crippen molar-refractivity contribution in [1.29, 1.82) is 0 Å². The third-order valence-electron chi connectivity index (χ3n) is 4.52. The molecule has 0 radical (unpaired) electrons. The lowest BCUT2D eigenvalue weighted by molar-refractivity contribution is 0.0468. The zero-order chi connectivity index (χ0) is 19.5. The van der Waals surface area contributed by atoms with Crippen LogP contribution in [0.5, 0.6) is 11.5 Å². The van der Waals surface area contributed by atoms with Gasteiger partial charge in [0.05, 0.1) is 12.7 Å². The van der Waals surface area contributed by atoms with Crippen molar-refractivity contribution in [2.24, 2.45) is 0 Å². The van der Waals surface area contributed by atoms with Gasteiger partial charge in [0.2, 0.25) is 0 Å². The molecule has 1 atom stereocenters. The largest absolute Gasteiger partial charge is 0.486 e. The molecule has 0 aliphatic carbocycles. The van der Waals surface area contributed by atoms with Crippen molar-refractivity contribution in [2.75, 3.05) is 19.7 Å². The summed E-state index contributed by atoms with van der Waals surface area (Å²) in [4.78, 5) is 14.5. The van der Waals surface area contributed by atoms with Gasteiger partial charge < -0.3 is 18.9 Å². The van der Waals surface area contributed by atoms with E-state index in [4.69, 9.17) is 14.0 Å². The Morgan fingerprint density at radius 1 is 1.32 bits per heavy atom. The summed E-state index contributed by atoms with van der Waals surface area (Å²) < 4.78 is 18.8. The molecule has 3 aromatic rings. The lowest BCUT2D eigenvalue weighted by Crippen LogP contribution is -2.43. The first-order valence-corrected chi connectivity index (χ1v) is 9.24. The number of rotatable bonds is 6. The Hall–Kier alpha value is -3.29. The van der Waals surface area contributed by atoms with Crippen molar-refractivity contribution < 1.29 is 18.8 Å². The van der Waals surface area contributed by atoms with E-state index in [1.807, 2.05) is 44.3 Å². The molecule has 1 aliphatic heterocycles. The maximum atomic E-state index is 12.8. The molecule has 146 valence electrons. The number of para-hydroxylation sites is 2. The molecule has 0 N–H and O–H groups in total. The molecule has 28 heavy (non-hydrogen) atoms. The Labute approximate surface area is 162 Å². The van der Waals surface area contributed by atoms with E-state index in [-0.39, 0.29) is 17.7 Å². The van der Waals surface area contributed by atoms with Gasteiger partial charge in [-0.25, -0.2) is 0 Å². The van der Waals surface area contributed by atoms with Gasteiger partial charge >= 0.3 is 0 Å².